The zero-order valence-corrected chi connectivity index (χ0v) is 13.1. The van der Waals surface area contributed by atoms with Crippen LogP contribution >= 0.6 is 0 Å². The average Bonchev–Trinajstić information content (AvgIpc) is 3.19. The van der Waals surface area contributed by atoms with Crippen molar-refractivity contribution >= 4 is 5.91 Å². The van der Waals surface area contributed by atoms with Gasteiger partial charge in [-0.3, -0.25) is 10.1 Å². The van der Waals surface area contributed by atoms with E-state index in [2.05, 4.69) is 15.7 Å². The number of carbonyl (C=O) groups excluding carboxylic acids is 1. The van der Waals surface area contributed by atoms with Crippen LogP contribution in [0.15, 0.2) is 36.5 Å². The number of alkyl halides is 2. The highest BCUT2D eigenvalue weighted by molar-refractivity contribution is 5.82. The van der Waals surface area contributed by atoms with Crippen LogP contribution in [0.25, 0.3) is 5.69 Å². The Bertz CT molecular complexity index is 715. The summed E-state index contributed by atoms with van der Waals surface area (Å²) in [4.78, 5) is 11.9. The van der Waals surface area contributed by atoms with E-state index >= 15 is 0 Å². The highest BCUT2D eigenvalue weighted by Crippen LogP contribution is 2.25. The zero-order valence-electron chi connectivity index (χ0n) is 13.1. The molecule has 2 aromatic rings. The SMILES string of the molecule is COc1ccc(-n2ccc(CNC(=O)C3CC(F)(F)CN3)n2)cc1. The Morgan fingerprint density at radius 1 is 1.42 bits per heavy atom. The second-order valence-electron chi connectivity index (χ2n) is 5.66. The highest BCUT2D eigenvalue weighted by atomic mass is 19.3. The average molecular weight is 336 g/mol. The van der Waals surface area contributed by atoms with Crippen LogP contribution in [0.4, 0.5) is 8.78 Å². The van der Waals surface area contributed by atoms with Crippen molar-refractivity contribution in [3.05, 3.63) is 42.2 Å². The molecule has 1 aromatic heterocycles. The molecule has 1 fully saturated rings. The van der Waals surface area contributed by atoms with Crippen LogP contribution < -0.4 is 15.4 Å². The van der Waals surface area contributed by atoms with E-state index in [4.69, 9.17) is 4.74 Å². The number of ether oxygens (including phenoxy) is 1. The summed E-state index contributed by atoms with van der Waals surface area (Å²) in [5.74, 6) is -2.51. The predicted molar refractivity (Wildman–Crippen MR) is 83.3 cm³/mol. The third-order valence-electron chi connectivity index (χ3n) is 3.85. The molecule has 2 N–H and O–H groups in total. The van der Waals surface area contributed by atoms with E-state index in [1.165, 1.54) is 0 Å². The fourth-order valence-electron chi connectivity index (χ4n) is 2.54. The number of benzene rings is 1. The minimum atomic E-state index is -2.82. The van der Waals surface area contributed by atoms with Gasteiger partial charge in [0, 0.05) is 12.6 Å². The van der Waals surface area contributed by atoms with Gasteiger partial charge in [-0.2, -0.15) is 5.10 Å². The van der Waals surface area contributed by atoms with E-state index in [1.54, 1.807) is 24.1 Å². The quantitative estimate of drug-likeness (QED) is 0.868. The fraction of sp³-hybridized carbons (Fsp3) is 0.375. The number of hydrogen-bond acceptors (Lipinski definition) is 4. The molecule has 0 bridgehead atoms. The third-order valence-corrected chi connectivity index (χ3v) is 3.85. The molecule has 1 amide bonds. The van der Waals surface area contributed by atoms with Gasteiger partial charge in [0.2, 0.25) is 5.91 Å². The van der Waals surface area contributed by atoms with Crippen molar-refractivity contribution in [1.29, 1.82) is 0 Å². The molecule has 3 rings (SSSR count). The molecule has 24 heavy (non-hydrogen) atoms. The van der Waals surface area contributed by atoms with E-state index in [-0.39, 0.29) is 6.54 Å². The number of nitrogens with one attached hydrogen (secondary N) is 2. The van der Waals surface area contributed by atoms with Gasteiger partial charge in [-0.05, 0) is 30.3 Å². The van der Waals surface area contributed by atoms with Gasteiger partial charge in [0.15, 0.2) is 0 Å². The van der Waals surface area contributed by atoms with Crippen LogP contribution in [0, 0.1) is 0 Å². The summed E-state index contributed by atoms with van der Waals surface area (Å²) in [6.45, 7) is -0.275. The number of amides is 1. The Kier molecular flexibility index (Phi) is 4.48. The molecule has 0 aliphatic carbocycles. The summed E-state index contributed by atoms with van der Waals surface area (Å²) in [7, 11) is 1.60. The standard InChI is InChI=1S/C16H18F2N4O2/c1-24-13-4-2-12(3-5-13)22-7-6-11(21-22)9-19-15(23)14-8-16(17,18)10-20-14/h2-7,14,20H,8-10H2,1H3,(H,19,23). The predicted octanol–water partition coefficient (Wildman–Crippen LogP) is 1.49. The molecule has 2 heterocycles. The van der Waals surface area contributed by atoms with Crippen LogP contribution in [-0.2, 0) is 11.3 Å². The van der Waals surface area contributed by atoms with Crippen LogP contribution in [0.1, 0.15) is 12.1 Å². The minimum Gasteiger partial charge on any atom is -0.497 e. The van der Waals surface area contributed by atoms with Gasteiger partial charge >= 0.3 is 0 Å². The van der Waals surface area contributed by atoms with Gasteiger partial charge in [0.1, 0.15) is 5.75 Å². The topological polar surface area (TPSA) is 68.2 Å². The van der Waals surface area contributed by atoms with Crippen molar-refractivity contribution in [2.45, 2.75) is 24.9 Å². The maximum absolute atomic E-state index is 13.1. The summed E-state index contributed by atoms with van der Waals surface area (Å²) in [6.07, 6.45) is 1.30. The Morgan fingerprint density at radius 2 is 2.17 bits per heavy atom. The Hall–Kier alpha value is -2.48. The monoisotopic (exact) mass is 336 g/mol. The van der Waals surface area contributed by atoms with Crippen LogP contribution in [0.3, 0.4) is 0 Å². The summed E-state index contributed by atoms with van der Waals surface area (Å²) in [5, 5.41) is 9.51. The molecule has 8 heteroatoms. The summed E-state index contributed by atoms with van der Waals surface area (Å²) >= 11 is 0. The van der Waals surface area contributed by atoms with Crippen molar-refractivity contribution < 1.29 is 18.3 Å². The van der Waals surface area contributed by atoms with Crippen LogP contribution in [0.5, 0.6) is 5.75 Å². The normalized spacial score (nSPS) is 19.2. The number of nitrogens with zero attached hydrogens (tertiary/aromatic N) is 2. The van der Waals surface area contributed by atoms with Gasteiger partial charge in [0.25, 0.3) is 5.92 Å². The van der Waals surface area contributed by atoms with Crippen LogP contribution in [-0.4, -0.2) is 41.3 Å². The summed E-state index contributed by atoms with van der Waals surface area (Å²) in [6, 6.07) is 8.27. The Balaban J connectivity index is 1.57. The molecule has 0 radical (unpaired) electrons. The first-order chi connectivity index (χ1) is 11.5. The summed E-state index contributed by atoms with van der Waals surface area (Å²) < 4.78 is 33.0. The molecule has 6 nitrogen and oxygen atoms in total. The van der Waals surface area contributed by atoms with Crippen molar-refractivity contribution in [2.75, 3.05) is 13.7 Å². The zero-order chi connectivity index (χ0) is 17.2. The Morgan fingerprint density at radius 3 is 2.79 bits per heavy atom. The van der Waals surface area contributed by atoms with Crippen molar-refractivity contribution in [3.8, 4) is 11.4 Å². The second kappa shape index (κ2) is 6.56. The lowest BCUT2D eigenvalue weighted by Gasteiger charge is -2.10. The third kappa shape index (κ3) is 3.70. The first-order valence-corrected chi connectivity index (χ1v) is 7.55. The van der Waals surface area contributed by atoms with Gasteiger partial charge in [0.05, 0.1) is 37.6 Å². The van der Waals surface area contributed by atoms with Gasteiger partial charge in [-0.1, -0.05) is 0 Å². The smallest absolute Gasteiger partial charge is 0.262 e. The highest BCUT2D eigenvalue weighted by Gasteiger charge is 2.42. The van der Waals surface area contributed by atoms with Crippen molar-refractivity contribution in [3.63, 3.8) is 0 Å². The molecule has 1 atom stereocenters. The molecule has 1 unspecified atom stereocenters. The van der Waals surface area contributed by atoms with E-state index in [1.807, 2.05) is 24.3 Å². The molecule has 0 spiro atoms. The van der Waals surface area contributed by atoms with E-state index in [9.17, 15) is 13.6 Å². The maximum atomic E-state index is 13.1. The van der Waals surface area contributed by atoms with E-state index < -0.39 is 30.8 Å². The van der Waals surface area contributed by atoms with Gasteiger partial charge in [-0.15, -0.1) is 0 Å². The Labute approximate surface area is 137 Å². The largest absolute Gasteiger partial charge is 0.497 e. The molecule has 1 aliphatic heterocycles. The number of rotatable bonds is 5. The number of hydrogen-bond donors (Lipinski definition) is 2. The molecular weight excluding hydrogens is 318 g/mol. The molecule has 1 saturated heterocycles. The van der Waals surface area contributed by atoms with E-state index in [0.717, 1.165) is 11.4 Å². The molecule has 128 valence electrons. The first-order valence-electron chi connectivity index (χ1n) is 7.55. The molecule has 1 aromatic carbocycles. The van der Waals surface area contributed by atoms with Crippen molar-refractivity contribution in [2.24, 2.45) is 0 Å². The van der Waals surface area contributed by atoms with Gasteiger partial charge < -0.3 is 10.1 Å². The second-order valence-corrected chi connectivity index (χ2v) is 5.66. The minimum absolute atomic E-state index is 0.186. The maximum Gasteiger partial charge on any atom is 0.262 e. The van der Waals surface area contributed by atoms with Crippen molar-refractivity contribution in [1.82, 2.24) is 20.4 Å². The summed E-state index contributed by atoms with van der Waals surface area (Å²) in [5.41, 5.74) is 1.49. The lowest BCUT2D eigenvalue weighted by atomic mass is 10.2. The van der Waals surface area contributed by atoms with Gasteiger partial charge in [-0.25, -0.2) is 13.5 Å². The molecule has 0 saturated carbocycles. The lowest BCUT2D eigenvalue weighted by Crippen LogP contribution is -2.40. The lowest BCUT2D eigenvalue weighted by molar-refractivity contribution is -0.123. The molecule has 1 aliphatic rings. The van der Waals surface area contributed by atoms with Crippen LogP contribution in [0.2, 0.25) is 0 Å². The number of methoxy groups -OCH3 is 1. The first kappa shape index (κ1) is 16.4. The number of halogens is 2. The number of carbonyl (C=O) groups is 1. The molecular formula is C16H18F2N4O2. The number of aromatic nitrogens is 2. The van der Waals surface area contributed by atoms with E-state index in [0.29, 0.717) is 5.69 Å². The fourth-order valence-corrected chi connectivity index (χ4v) is 2.54.